The molecule has 0 saturated carbocycles. The molecule has 0 bridgehead atoms. The van der Waals surface area contributed by atoms with Crippen LogP contribution in [-0.4, -0.2) is 17.5 Å². The van der Waals surface area contributed by atoms with Crippen LogP contribution in [0.2, 0.25) is 0 Å². The van der Waals surface area contributed by atoms with Crippen LogP contribution in [0.3, 0.4) is 0 Å². The van der Waals surface area contributed by atoms with Crippen LogP contribution in [0.4, 0.5) is 5.69 Å². The first-order valence-electron chi connectivity index (χ1n) is 10.6. The fourth-order valence-corrected chi connectivity index (χ4v) is 3.27. The highest BCUT2D eigenvalue weighted by atomic mass is 16.5. The Balaban J connectivity index is 1.48. The number of hydrogen-bond acceptors (Lipinski definition) is 4. The number of carbonyl (C=O) groups is 1. The zero-order valence-corrected chi connectivity index (χ0v) is 18.0. The van der Waals surface area contributed by atoms with Crippen LogP contribution in [0, 0.1) is 0 Å². The van der Waals surface area contributed by atoms with Crippen molar-refractivity contribution >= 4 is 22.7 Å². The molecule has 158 valence electrons. The van der Waals surface area contributed by atoms with Crippen molar-refractivity contribution < 1.29 is 13.9 Å². The van der Waals surface area contributed by atoms with E-state index in [4.69, 9.17) is 9.15 Å². The van der Waals surface area contributed by atoms with Gasteiger partial charge in [-0.05, 0) is 72.5 Å². The number of benzene rings is 3. The van der Waals surface area contributed by atoms with Crippen LogP contribution >= 0.6 is 0 Å². The first-order valence-corrected chi connectivity index (χ1v) is 10.6. The molecule has 3 aromatic carbocycles. The standard InChI is InChI=1S/C26H26N2O3/c1-4-14-30-22-7-5-6-20(15-22)25(29)27-21-11-8-18(9-12-21)26-28-23-16-19(17(2)3)10-13-24(23)31-26/h5-13,15-17H,4,14H2,1-3H3,(H,27,29). The van der Waals surface area contributed by atoms with Gasteiger partial charge in [-0.3, -0.25) is 4.79 Å². The van der Waals surface area contributed by atoms with Gasteiger partial charge in [0.25, 0.3) is 5.91 Å². The summed E-state index contributed by atoms with van der Waals surface area (Å²) in [5.74, 6) is 1.51. The lowest BCUT2D eigenvalue weighted by Gasteiger charge is -2.08. The largest absolute Gasteiger partial charge is 0.494 e. The van der Waals surface area contributed by atoms with Gasteiger partial charge in [0.05, 0.1) is 6.61 Å². The summed E-state index contributed by atoms with van der Waals surface area (Å²) in [6, 6.07) is 20.8. The molecule has 0 spiro atoms. The number of amides is 1. The van der Waals surface area contributed by atoms with Crippen LogP contribution in [0.1, 0.15) is 49.0 Å². The number of hydrogen-bond donors (Lipinski definition) is 1. The maximum Gasteiger partial charge on any atom is 0.255 e. The van der Waals surface area contributed by atoms with Crippen molar-refractivity contribution in [2.45, 2.75) is 33.1 Å². The van der Waals surface area contributed by atoms with Gasteiger partial charge in [-0.1, -0.05) is 32.9 Å². The Hall–Kier alpha value is -3.60. The predicted octanol–water partition coefficient (Wildman–Crippen LogP) is 6.66. The smallest absolute Gasteiger partial charge is 0.255 e. The molecule has 0 saturated heterocycles. The predicted molar refractivity (Wildman–Crippen MR) is 124 cm³/mol. The van der Waals surface area contributed by atoms with Crippen molar-refractivity contribution in [2.75, 3.05) is 11.9 Å². The summed E-state index contributed by atoms with van der Waals surface area (Å²) < 4.78 is 11.5. The zero-order chi connectivity index (χ0) is 21.8. The highest BCUT2D eigenvalue weighted by Crippen LogP contribution is 2.28. The van der Waals surface area contributed by atoms with Crippen LogP contribution in [0.25, 0.3) is 22.6 Å². The lowest BCUT2D eigenvalue weighted by molar-refractivity contribution is 0.102. The average molecular weight is 415 g/mol. The van der Waals surface area contributed by atoms with E-state index >= 15 is 0 Å². The SMILES string of the molecule is CCCOc1cccc(C(=O)Nc2ccc(-c3nc4cc(C(C)C)ccc4o3)cc2)c1. The van der Waals surface area contributed by atoms with E-state index in [0.29, 0.717) is 35.4 Å². The molecule has 0 radical (unpaired) electrons. The third-order valence-corrected chi connectivity index (χ3v) is 5.04. The molecule has 1 amide bonds. The maximum absolute atomic E-state index is 12.6. The van der Waals surface area contributed by atoms with Crippen molar-refractivity contribution in [1.82, 2.24) is 4.98 Å². The summed E-state index contributed by atoms with van der Waals surface area (Å²) in [5.41, 5.74) is 4.96. The second-order valence-electron chi connectivity index (χ2n) is 7.81. The van der Waals surface area contributed by atoms with Gasteiger partial charge in [0.15, 0.2) is 5.58 Å². The number of nitrogens with one attached hydrogen (secondary N) is 1. The number of nitrogens with zero attached hydrogens (tertiary/aromatic N) is 1. The number of rotatable bonds is 7. The lowest BCUT2D eigenvalue weighted by atomic mass is 10.0. The molecule has 1 aromatic heterocycles. The maximum atomic E-state index is 12.6. The van der Waals surface area contributed by atoms with Crippen LogP contribution in [-0.2, 0) is 0 Å². The molecule has 4 aromatic rings. The van der Waals surface area contributed by atoms with Crippen LogP contribution in [0.5, 0.6) is 5.75 Å². The van der Waals surface area contributed by atoms with Gasteiger partial charge in [-0.2, -0.15) is 0 Å². The van der Waals surface area contributed by atoms with Crippen molar-refractivity contribution in [1.29, 1.82) is 0 Å². The molecule has 0 aliphatic rings. The highest BCUT2D eigenvalue weighted by Gasteiger charge is 2.11. The molecule has 0 fully saturated rings. The molecule has 0 aliphatic carbocycles. The molecule has 4 rings (SSSR count). The number of aromatic nitrogens is 1. The molecule has 0 aliphatic heterocycles. The van der Waals surface area contributed by atoms with Gasteiger partial charge < -0.3 is 14.5 Å². The molecular formula is C26H26N2O3. The Morgan fingerprint density at radius 2 is 1.87 bits per heavy atom. The second-order valence-corrected chi connectivity index (χ2v) is 7.81. The van der Waals surface area contributed by atoms with Crippen molar-refractivity contribution in [3.05, 3.63) is 77.9 Å². The average Bonchev–Trinajstić information content (AvgIpc) is 3.21. The quantitative estimate of drug-likeness (QED) is 0.367. The van der Waals surface area contributed by atoms with Gasteiger partial charge in [0.1, 0.15) is 11.3 Å². The minimum atomic E-state index is -0.183. The fraction of sp³-hybridized carbons (Fsp3) is 0.231. The molecule has 0 unspecified atom stereocenters. The van der Waals surface area contributed by atoms with Crippen LogP contribution < -0.4 is 10.1 Å². The van der Waals surface area contributed by atoms with E-state index < -0.39 is 0 Å². The molecule has 31 heavy (non-hydrogen) atoms. The third kappa shape index (κ3) is 4.77. The van der Waals surface area contributed by atoms with E-state index in [9.17, 15) is 4.79 Å². The van der Waals surface area contributed by atoms with Gasteiger partial charge in [0, 0.05) is 16.8 Å². The van der Waals surface area contributed by atoms with E-state index in [1.807, 2.05) is 49.4 Å². The Labute approximate surface area is 182 Å². The van der Waals surface area contributed by atoms with Crippen molar-refractivity contribution in [2.24, 2.45) is 0 Å². The summed E-state index contributed by atoms with van der Waals surface area (Å²) in [7, 11) is 0. The van der Waals surface area contributed by atoms with Gasteiger partial charge in [-0.15, -0.1) is 0 Å². The minimum absolute atomic E-state index is 0.183. The number of oxazole rings is 1. The third-order valence-electron chi connectivity index (χ3n) is 5.04. The Morgan fingerprint density at radius 3 is 2.61 bits per heavy atom. The van der Waals surface area contributed by atoms with E-state index in [1.54, 1.807) is 12.1 Å². The monoisotopic (exact) mass is 414 g/mol. The fourth-order valence-electron chi connectivity index (χ4n) is 3.27. The van der Waals surface area contributed by atoms with E-state index in [2.05, 4.69) is 36.3 Å². The Morgan fingerprint density at radius 1 is 1.06 bits per heavy atom. The minimum Gasteiger partial charge on any atom is -0.494 e. The molecule has 1 N–H and O–H groups in total. The van der Waals surface area contributed by atoms with Crippen molar-refractivity contribution in [3.8, 4) is 17.2 Å². The Kier molecular flexibility index (Phi) is 6.03. The summed E-state index contributed by atoms with van der Waals surface area (Å²) in [6.45, 7) is 6.98. The number of fused-ring (bicyclic) bond motifs is 1. The molecule has 0 atom stereocenters. The summed E-state index contributed by atoms with van der Waals surface area (Å²) >= 11 is 0. The van der Waals surface area contributed by atoms with Crippen LogP contribution in [0.15, 0.2) is 71.1 Å². The molecule has 5 nitrogen and oxygen atoms in total. The molecule has 5 heteroatoms. The summed E-state index contributed by atoms with van der Waals surface area (Å²) in [4.78, 5) is 17.2. The zero-order valence-electron chi connectivity index (χ0n) is 18.0. The van der Waals surface area contributed by atoms with E-state index in [0.717, 1.165) is 23.1 Å². The Bertz CT molecular complexity index is 1190. The second kappa shape index (κ2) is 9.04. The highest BCUT2D eigenvalue weighted by molar-refractivity contribution is 6.04. The molecular weight excluding hydrogens is 388 g/mol. The number of ether oxygens (including phenoxy) is 1. The normalized spacial score (nSPS) is 11.1. The first kappa shape index (κ1) is 20.7. The van der Waals surface area contributed by atoms with E-state index in [1.165, 1.54) is 5.56 Å². The lowest BCUT2D eigenvalue weighted by Crippen LogP contribution is -2.12. The van der Waals surface area contributed by atoms with E-state index in [-0.39, 0.29) is 5.91 Å². The summed E-state index contributed by atoms with van der Waals surface area (Å²) in [5, 5.41) is 2.92. The van der Waals surface area contributed by atoms with Gasteiger partial charge in [-0.25, -0.2) is 4.98 Å². The van der Waals surface area contributed by atoms with Gasteiger partial charge in [0.2, 0.25) is 5.89 Å². The number of carbonyl (C=O) groups excluding carboxylic acids is 1. The van der Waals surface area contributed by atoms with Crippen molar-refractivity contribution in [3.63, 3.8) is 0 Å². The molecule has 1 heterocycles. The van der Waals surface area contributed by atoms with Gasteiger partial charge >= 0.3 is 0 Å². The number of anilines is 1. The topological polar surface area (TPSA) is 64.4 Å². The first-order chi connectivity index (χ1) is 15.0. The summed E-state index contributed by atoms with van der Waals surface area (Å²) in [6.07, 6.45) is 0.918.